The van der Waals surface area contributed by atoms with E-state index in [0.29, 0.717) is 16.4 Å². The molecule has 7 heteroatoms. The van der Waals surface area contributed by atoms with Gasteiger partial charge in [0.2, 0.25) is 11.9 Å². The maximum Gasteiger partial charge on any atom is 0.351 e. The molecule has 0 aliphatic carbocycles. The van der Waals surface area contributed by atoms with Crippen LogP contribution in [0.1, 0.15) is 9.67 Å². The number of carbonyl (C=O) groups is 2. The number of benzene rings is 1. The van der Waals surface area contributed by atoms with Crippen molar-refractivity contribution in [1.82, 2.24) is 0 Å². The molecule has 0 fully saturated rings. The van der Waals surface area contributed by atoms with E-state index < -0.39 is 12.1 Å². The van der Waals surface area contributed by atoms with E-state index in [-0.39, 0.29) is 19.0 Å². The number of carbonyl (C=O) groups excluding carboxylic acids is 2. The molecule has 0 unspecified atom stereocenters. The normalized spacial score (nSPS) is 16.1. The lowest BCUT2D eigenvalue weighted by Gasteiger charge is -2.24. The van der Waals surface area contributed by atoms with Gasteiger partial charge in [-0.2, -0.15) is 0 Å². The van der Waals surface area contributed by atoms with Crippen molar-refractivity contribution in [2.24, 2.45) is 0 Å². The van der Waals surface area contributed by atoms with Crippen molar-refractivity contribution >= 4 is 39.0 Å². The molecule has 0 saturated carbocycles. The highest BCUT2D eigenvalue weighted by molar-refractivity contribution is 9.11. The first-order valence-corrected chi connectivity index (χ1v) is 8.08. The first kappa shape index (κ1) is 15.1. The van der Waals surface area contributed by atoms with E-state index in [1.165, 1.54) is 11.3 Å². The Kier molecular flexibility index (Phi) is 4.44. The van der Waals surface area contributed by atoms with Crippen LogP contribution in [-0.2, 0) is 9.53 Å². The molecule has 1 aromatic carbocycles. The summed E-state index contributed by atoms with van der Waals surface area (Å²) in [5.74, 6) is 0.218. The van der Waals surface area contributed by atoms with Crippen molar-refractivity contribution in [3.8, 4) is 11.5 Å². The van der Waals surface area contributed by atoms with Gasteiger partial charge in [0.1, 0.15) is 6.61 Å². The third kappa shape index (κ3) is 3.31. The van der Waals surface area contributed by atoms with Crippen LogP contribution >= 0.6 is 27.3 Å². The summed E-state index contributed by atoms with van der Waals surface area (Å²) in [6.45, 7) is -0.248. The lowest BCUT2D eigenvalue weighted by Crippen LogP contribution is -2.38. The summed E-state index contributed by atoms with van der Waals surface area (Å²) in [6, 6.07) is 10.5. The van der Waals surface area contributed by atoms with Gasteiger partial charge in [-0.15, -0.1) is 11.3 Å². The number of ether oxygens (including phenoxy) is 3. The van der Waals surface area contributed by atoms with E-state index in [1.807, 2.05) is 6.07 Å². The Morgan fingerprint density at radius 1 is 1.23 bits per heavy atom. The molecule has 0 N–H and O–H groups in total. The average Bonchev–Trinajstić information content (AvgIpc) is 2.98. The fourth-order valence-corrected chi connectivity index (χ4v) is 3.21. The van der Waals surface area contributed by atoms with Crippen LogP contribution < -0.4 is 9.47 Å². The molecule has 0 radical (unpaired) electrons. The molecule has 114 valence electrons. The number of para-hydroxylation sites is 2. The summed E-state index contributed by atoms with van der Waals surface area (Å²) in [6.07, 6.45) is -0.863. The minimum absolute atomic E-state index is 0.0641. The Bertz CT molecular complexity index is 711. The van der Waals surface area contributed by atoms with Crippen LogP contribution in [0.3, 0.4) is 0 Å². The summed E-state index contributed by atoms with van der Waals surface area (Å²) in [5.41, 5.74) is 0. The maximum atomic E-state index is 12.0. The van der Waals surface area contributed by atoms with Crippen molar-refractivity contribution in [3.05, 3.63) is 45.1 Å². The Balaban J connectivity index is 1.56. The van der Waals surface area contributed by atoms with Crippen LogP contribution in [0.15, 0.2) is 40.2 Å². The molecule has 2 heterocycles. The third-order valence-electron chi connectivity index (χ3n) is 2.97. The zero-order valence-corrected chi connectivity index (χ0v) is 13.7. The Morgan fingerprint density at radius 3 is 2.73 bits per heavy atom. The number of thiophene rings is 1. The van der Waals surface area contributed by atoms with E-state index in [9.17, 15) is 9.59 Å². The maximum absolute atomic E-state index is 12.0. The lowest BCUT2D eigenvalue weighted by molar-refractivity contribution is -0.153. The predicted octanol–water partition coefficient (Wildman–Crippen LogP) is 3.08. The second kappa shape index (κ2) is 6.50. The van der Waals surface area contributed by atoms with Crippen LogP contribution in [0, 0.1) is 0 Å². The van der Waals surface area contributed by atoms with Gasteiger partial charge in [0.25, 0.3) is 0 Å². The van der Waals surface area contributed by atoms with Crippen LogP contribution in [0.2, 0.25) is 0 Å². The number of Topliss-reactive ketones (excluding diaryl/α,β-unsaturated/α-hetero) is 1. The number of hydrogen-bond donors (Lipinski definition) is 0. The van der Waals surface area contributed by atoms with Gasteiger partial charge in [-0.25, -0.2) is 4.79 Å². The third-order valence-corrected chi connectivity index (χ3v) is 4.63. The standard InChI is InChI=1S/C15H11BrO5S/c16-14-6-5-13(22-14)9(17)7-20-15(18)12-8-19-10-3-1-2-4-11(10)21-12/h1-6,12H,7-8H2/t12-/m0/s1. The Labute approximate surface area is 138 Å². The van der Waals surface area contributed by atoms with E-state index in [4.69, 9.17) is 14.2 Å². The summed E-state index contributed by atoms with van der Waals surface area (Å²) in [5, 5.41) is 0. The molecule has 1 aliphatic heterocycles. The van der Waals surface area contributed by atoms with E-state index in [2.05, 4.69) is 15.9 Å². The van der Waals surface area contributed by atoms with Gasteiger partial charge in [-0.1, -0.05) is 12.1 Å². The first-order valence-electron chi connectivity index (χ1n) is 6.47. The van der Waals surface area contributed by atoms with Gasteiger partial charge in [-0.05, 0) is 40.2 Å². The molecule has 22 heavy (non-hydrogen) atoms. The zero-order chi connectivity index (χ0) is 15.5. The quantitative estimate of drug-likeness (QED) is 0.600. The second-order valence-electron chi connectivity index (χ2n) is 4.50. The van der Waals surface area contributed by atoms with E-state index in [1.54, 1.807) is 30.3 Å². The lowest BCUT2D eigenvalue weighted by atomic mass is 10.2. The number of fused-ring (bicyclic) bond motifs is 1. The van der Waals surface area contributed by atoms with Gasteiger partial charge in [0.15, 0.2) is 18.1 Å². The monoisotopic (exact) mass is 382 g/mol. The summed E-state index contributed by atoms with van der Waals surface area (Å²) in [4.78, 5) is 24.4. The van der Waals surface area contributed by atoms with Crippen LogP contribution in [0.4, 0.5) is 0 Å². The number of ketones is 1. The van der Waals surface area contributed by atoms with Crippen molar-refractivity contribution in [1.29, 1.82) is 0 Å². The minimum Gasteiger partial charge on any atom is -0.485 e. The number of halogens is 1. The van der Waals surface area contributed by atoms with Gasteiger partial charge in [-0.3, -0.25) is 4.79 Å². The van der Waals surface area contributed by atoms with Crippen LogP contribution in [-0.4, -0.2) is 31.1 Å². The predicted molar refractivity (Wildman–Crippen MR) is 83.7 cm³/mol. The molecule has 1 atom stereocenters. The molecule has 0 saturated heterocycles. The Hall–Kier alpha value is -1.86. The molecule has 0 amide bonds. The van der Waals surface area contributed by atoms with E-state index >= 15 is 0 Å². The average molecular weight is 383 g/mol. The van der Waals surface area contributed by atoms with Gasteiger partial charge < -0.3 is 14.2 Å². The highest BCUT2D eigenvalue weighted by atomic mass is 79.9. The van der Waals surface area contributed by atoms with Crippen molar-refractivity contribution in [3.63, 3.8) is 0 Å². The molecule has 0 spiro atoms. The molecular formula is C15H11BrO5S. The molecule has 3 rings (SSSR count). The zero-order valence-electron chi connectivity index (χ0n) is 11.3. The SMILES string of the molecule is O=C(COC(=O)[C@@H]1COc2ccccc2O1)c1ccc(Br)s1. The number of rotatable bonds is 4. The van der Waals surface area contributed by atoms with Crippen LogP contribution in [0.5, 0.6) is 11.5 Å². The fraction of sp³-hybridized carbons (Fsp3) is 0.200. The summed E-state index contributed by atoms with van der Waals surface area (Å²) >= 11 is 4.57. The molecular weight excluding hydrogens is 372 g/mol. The van der Waals surface area contributed by atoms with Crippen LogP contribution in [0.25, 0.3) is 0 Å². The van der Waals surface area contributed by atoms with Crippen molar-refractivity contribution < 1.29 is 23.8 Å². The number of esters is 1. The number of hydrogen-bond acceptors (Lipinski definition) is 6. The molecule has 2 aromatic rings. The fourth-order valence-electron chi connectivity index (χ4n) is 1.90. The second-order valence-corrected chi connectivity index (χ2v) is 6.96. The summed E-state index contributed by atoms with van der Waals surface area (Å²) in [7, 11) is 0. The highest BCUT2D eigenvalue weighted by Crippen LogP contribution is 2.31. The van der Waals surface area contributed by atoms with Gasteiger partial charge in [0, 0.05) is 0 Å². The highest BCUT2D eigenvalue weighted by Gasteiger charge is 2.29. The van der Waals surface area contributed by atoms with Crippen molar-refractivity contribution in [2.45, 2.75) is 6.10 Å². The van der Waals surface area contributed by atoms with Crippen molar-refractivity contribution in [2.75, 3.05) is 13.2 Å². The van der Waals surface area contributed by atoms with E-state index in [0.717, 1.165) is 3.79 Å². The topological polar surface area (TPSA) is 61.8 Å². The first-order chi connectivity index (χ1) is 10.6. The largest absolute Gasteiger partial charge is 0.485 e. The molecule has 1 aromatic heterocycles. The minimum atomic E-state index is -0.863. The smallest absolute Gasteiger partial charge is 0.351 e. The molecule has 1 aliphatic rings. The molecule has 5 nitrogen and oxygen atoms in total. The van der Waals surface area contributed by atoms with Gasteiger partial charge in [0.05, 0.1) is 8.66 Å². The Morgan fingerprint density at radius 2 is 2.00 bits per heavy atom. The van der Waals surface area contributed by atoms with Gasteiger partial charge >= 0.3 is 5.97 Å². The summed E-state index contributed by atoms with van der Waals surface area (Å²) < 4.78 is 16.8. The molecule has 0 bridgehead atoms.